The predicted molar refractivity (Wildman–Crippen MR) is 76.1 cm³/mol. The van der Waals surface area contributed by atoms with Crippen LogP contribution >= 0.6 is 11.3 Å². The van der Waals surface area contributed by atoms with Crippen molar-refractivity contribution in [3.63, 3.8) is 0 Å². The van der Waals surface area contributed by atoms with E-state index in [2.05, 4.69) is 11.9 Å². The molecule has 1 aromatic rings. The first kappa shape index (κ1) is 16.6. The molecule has 0 spiro atoms. The topological polar surface area (TPSA) is 76.5 Å². The molecule has 0 radical (unpaired) electrons. The average Bonchev–Trinajstić information content (AvgIpc) is 2.79. The summed E-state index contributed by atoms with van der Waals surface area (Å²) in [6.07, 6.45) is 3.10. The summed E-state index contributed by atoms with van der Waals surface area (Å²) in [5, 5.41) is 11.3. The van der Waals surface area contributed by atoms with Crippen molar-refractivity contribution in [3.8, 4) is 0 Å². The predicted octanol–water partition coefficient (Wildman–Crippen LogP) is 1.41. The number of aliphatic hydroxyl groups is 1. The second kappa shape index (κ2) is 8.63. The van der Waals surface area contributed by atoms with Gasteiger partial charge in [0, 0.05) is 5.38 Å². The van der Waals surface area contributed by atoms with Crippen LogP contribution in [0.1, 0.15) is 30.5 Å². The molecule has 0 atom stereocenters. The number of sulfone groups is 1. The van der Waals surface area contributed by atoms with Crippen molar-refractivity contribution < 1.29 is 18.3 Å². The van der Waals surface area contributed by atoms with Crippen LogP contribution in [0, 0.1) is 0 Å². The number of aromatic nitrogens is 1. The SMILES string of the molecule is CCCCc1nc(CS(=O)(=O)CCOCCO)cs1. The van der Waals surface area contributed by atoms with Gasteiger partial charge in [0.05, 0.1) is 42.0 Å². The lowest BCUT2D eigenvalue weighted by Gasteiger charge is -2.03. The largest absolute Gasteiger partial charge is 0.394 e. The lowest BCUT2D eigenvalue weighted by Crippen LogP contribution is -2.15. The molecule has 0 saturated carbocycles. The van der Waals surface area contributed by atoms with Gasteiger partial charge in [0.25, 0.3) is 0 Å². The molecule has 19 heavy (non-hydrogen) atoms. The van der Waals surface area contributed by atoms with E-state index in [1.165, 1.54) is 11.3 Å². The number of thiazole rings is 1. The Kier molecular flexibility index (Phi) is 7.52. The van der Waals surface area contributed by atoms with Crippen LogP contribution in [-0.4, -0.2) is 44.1 Å². The Labute approximate surface area is 118 Å². The van der Waals surface area contributed by atoms with Gasteiger partial charge in [-0.25, -0.2) is 13.4 Å². The molecule has 1 N–H and O–H groups in total. The molecule has 1 heterocycles. The van der Waals surface area contributed by atoms with Gasteiger partial charge in [0.2, 0.25) is 0 Å². The molecule has 0 amide bonds. The summed E-state index contributed by atoms with van der Waals surface area (Å²) in [6, 6.07) is 0. The maximum absolute atomic E-state index is 11.8. The van der Waals surface area contributed by atoms with Crippen LogP contribution < -0.4 is 0 Å². The third kappa shape index (κ3) is 7.00. The van der Waals surface area contributed by atoms with Gasteiger partial charge >= 0.3 is 0 Å². The van der Waals surface area contributed by atoms with E-state index in [0.717, 1.165) is 24.3 Å². The minimum Gasteiger partial charge on any atom is -0.394 e. The summed E-state index contributed by atoms with van der Waals surface area (Å²) in [7, 11) is -3.18. The molecule has 5 nitrogen and oxygen atoms in total. The summed E-state index contributed by atoms with van der Waals surface area (Å²) in [5.41, 5.74) is 0.623. The van der Waals surface area contributed by atoms with Crippen LogP contribution in [0.5, 0.6) is 0 Å². The molecule has 0 unspecified atom stereocenters. The maximum atomic E-state index is 11.8. The summed E-state index contributed by atoms with van der Waals surface area (Å²) < 4.78 is 28.6. The minimum atomic E-state index is -3.18. The third-order valence-corrected chi connectivity index (χ3v) is 4.97. The summed E-state index contributed by atoms with van der Waals surface area (Å²) in [6.45, 7) is 2.32. The summed E-state index contributed by atoms with van der Waals surface area (Å²) in [4.78, 5) is 4.34. The Bertz CT molecular complexity index is 456. The van der Waals surface area contributed by atoms with Crippen molar-refractivity contribution in [1.29, 1.82) is 0 Å². The van der Waals surface area contributed by atoms with Crippen molar-refractivity contribution in [2.45, 2.75) is 31.9 Å². The average molecular weight is 307 g/mol. The Morgan fingerprint density at radius 2 is 2.21 bits per heavy atom. The number of unbranched alkanes of at least 4 members (excludes halogenated alkanes) is 1. The van der Waals surface area contributed by atoms with Crippen molar-refractivity contribution in [2.75, 3.05) is 25.6 Å². The fraction of sp³-hybridized carbons (Fsp3) is 0.750. The highest BCUT2D eigenvalue weighted by Gasteiger charge is 2.14. The van der Waals surface area contributed by atoms with Crippen LogP contribution in [0.4, 0.5) is 0 Å². The van der Waals surface area contributed by atoms with Crippen LogP contribution in [0.15, 0.2) is 5.38 Å². The first-order valence-corrected chi connectivity index (χ1v) is 9.10. The maximum Gasteiger partial charge on any atom is 0.158 e. The van der Waals surface area contributed by atoms with E-state index in [9.17, 15) is 8.42 Å². The first-order valence-electron chi connectivity index (χ1n) is 6.39. The Morgan fingerprint density at radius 1 is 1.42 bits per heavy atom. The zero-order valence-corrected chi connectivity index (χ0v) is 12.8. The number of hydrogen-bond donors (Lipinski definition) is 1. The van der Waals surface area contributed by atoms with E-state index in [0.29, 0.717) is 5.69 Å². The van der Waals surface area contributed by atoms with Crippen LogP contribution in [0.25, 0.3) is 0 Å². The molecule has 0 saturated heterocycles. The summed E-state index contributed by atoms with van der Waals surface area (Å²) in [5.74, 6) is -0.0626. The van der Waals surface area contributed by atoms with Crippen LogP contribution in [0.2, 0.25) is 0 Å². The molecule has 0 aliphatic carbocycles. The van der Waals surface area contributed by atoms with Crippen molar-refractivity contribution in [1.82, 2.24) is 4.98 Å². The third-order valence-electron chi connectivity index (χ3n) is 2.49. The quantitative estimate of drug-likeness (QED) is 0.661. The van der Waals surface area contributed by atoms with Gasteiger partial charge in [-0.05, 0) is 12.8 Å². The molecule has 1 rings (SSSR count). The van der Waals surface area contributed by atoms with Crippen molar-refractivity contribution in [2.24, 2.45) is 0 Å². The zero-order chi connectivity index (χ0) is 14.1. The molecule has 0 aromatic carbocycles. The van der Waals surface area contributed by atoms with Gasteiger partial charge in [-0.15, -0.1) is 11.3 Å². The lowest BCUT2D eigenvalue weighted by molar-refractivity contribution is 0.103. The van der Waals surface area contributed by atoms with E-state index in [-0.39, 0.29) is 31.3 Å². The number of nitrogens with zero attached hydrogens (tertiary/aromatic N) is 1. The molecule has 0 fully saturated rings. The number of aliphatic hydroxyl groups excluding tert-OH is 1. The van der Waals surface area contributed by atoms with E-state index < -0.39 is 9.84 Å². The number of rotatable bonds is 10. The second-order valence-electron chi connectivity index (χ2n) is 4.26. The van der Waals surface area contributed by atoms with Crippen LogP contribution in [0.3, 0.4) is 0 Å². The summed E-state index contributed by atoms with van der Waals surface area (Å²) >= 11 is 1.52. The highest BCUT2D eigenvalue weighted by Crippen LogP contribution is 2.15. The minimum absolute atomic E-state index is 0.0297. The normalized spacial score (nSPS) is 11.9. The lowest BCUT2D eigenvalue weighted by atomic mass is 10.3. The zero-order valence-electron chi connectivity index (χ0n) is 11.2. The van der Waals surface area contributed by atoms with E-state index in [1.54, 1.807) is 0 Å². The van der Waals surface area contributed by atoms with Gasteiger partial charge in [0.1, 0.15) is 0 Å². The Balaban J connectivity index is 2.41. The standard InChI is InChI=1S/C12H21NO4S2/c1-2-3-4-12-13-11(9-18-12)10-19(15,16)8-7-17-6-5-14/h9,14H,2-8,10H2,1H3. The molecule has 1 aromatic heterocycles. The number of hydrogen-bond acceptors (Lipinski definition) is 6. The van der Waals surface area contributed by atoms with E-state index in [4.69, 9.17) is 9.84 Å². The van der Waals surface area contributed by atoms with Gasteiger partial charge in [-0.2, -0.15) is 0 Å². The van der Waals surface area contributed by atoms with Gasteiger partial charge in [0.15, 0.2) is 9.84 Å². The first-order chi connectivity index (χ1) is 9.07. The van der Waals surface area contributed by atoms with Gasteiger partial charge in [-0.1, -0.05) is 13.3 Å². The van der Waals surface area contributed by atoms with E-state index >= 15 is 0 Å². The highest BCUT2D eigenvalue weighted by atomic mass is 32.2. The van der Waals surface area contributed by atoms with Crippen molar-refractivity contribution >= 4 is 21.2 Å². The molecule has 110 valence electrons. The monoisotopic (exact) mass is 307 g/mol. The Hall–Kier alpha value is -0.500. The second-order valence-corrected chi connectivity index (χ2v) is 7.39. The Morgan fingerprint density at radius 3 is 2.89 bits per heavy atom. The number of aryl methyl sites for hydroxylation is 1. The number of ether oxygens (including phenoxy) is 1. The molecular weight excluding hydrogens is 286 g/mol. The molecule has 0 aliphatic rings. The molecule has 0 aliphatic heterocycles. The molecule has 7 heteroatoms. The molecular formula is C12H21NO4S2. The smallest absolute Gasteiger partial charge is 0.158 e. The fourth-order valence-electron chi connectivity index (χ4n) is 1.51. The van der Waals surface area contributed by atoms with Gasteiger partial charge < -0.3 is 9.84 Å². The van der Waals surface area contributed by atoms with Gasteiger partial charge in [-0.3, -0.25) is 0 Å². The highest BCUT2D eigenvalue weighted by molar-refractivity contribution is 7.90. The van der Waals surface area contributed by atoms with E-state index in [1.807, 2.05) is 5.38 Å². The van der Waals surface area contributed by atoms with Crippen LogP contribution in [-0.2, 0) is 26.7 Å². The molecule has 0 bridgehead atoms. The fourth-order valence-corrected chi connectivity index (χ4v) is 3.57. The van der Waals surface area contributed by atoms with Crippen molar-refractivity contribution in [3.05, 3.63) is 16.1 Å².